The molecule has 2 heterocycles. The first kappa shape index (κ1) is 21.0. The van der Waals surface area contributed by atoms with Gasteiger partial charge < -0.3 is 9.84 Å². The Morgan fingerprint density at radius 1 is 0.970 bits per heavy atom. The van der Waals surface area contributed by atoms with Crippen LogP contribution in [0.25, 0.3) is 17.0 Å². The second-order valence-electron chi connectivity index (χ2n) is 7.79. The van der Waals surface area contributed by atoms with E-state index in [1.165, 1.54) is 0 Å². The fourth-order valence-corrected chi connectivity index (χ4v) is 4.08. The van der Waals surface area contributed by atoms with Gasteiger partial charge in [0.25, 0.3) is 5.89 Å². The number of amides is 2. The summed E-state index contributed by atoms with van der Waals surface area (Å²) in [4.78, 5) is 19.5. The molecule has 164 valence electrons. The van der Waals surface area contributed by atoms with Crippen molar-refractivity contribution >= 4 is 23.2 Å². The van der Waals surface area contributed by atoms with Crippen molar-refractivity contribution in [1.82, 2.24) is 20.4 Å². The minimum atomic E-state index is -0.453. The van der Waals surface area contributed by atoms with Crippen LogP contribution in [0.1, 0.15) is 30.0 Å². The Hall–Kier alpha value is -3.90. The molecule has 0 saturated heterocycles. The fraction of sp³-hybridized carbons (Fsp3) is 0.115. The van der Waals surface area contributed by atoms with E-state index in [1.807, 2.05) is 79.7 Å². The van der Waals surface area contributed by atoms with Gasteiger partial charge in [-0.05, 0) is 30.2 Å². The van der Waals surface area contributed by atoms with Gasteiger partial charge in [-0.2, -0.15) is 4.98 Å². The standard InChI is InChI=1S/C26H21ClN4O2/c1-17-22(25-29-24(30-33-25)20-10-6-3-7-11-20)23(19-12-14-21(27)15-13-19)28-26(32)31(17)16-18-8-4-2-5-9-18/h2-15,23H,16H2,1H3,(H,28,32). The molecular weight excluding hydrogens is 436 g/mol. The van der Waals surface area contributed by atoms with Crippen molar-refractivity contribution in [2.45, 2.75) is 19.5 Å². The van der Waals surface area contributed by atoms with Gasteiger partial charge in [0.2, 0.25) is 5.82 Å². The van der Waals surface area contributed by atoms with Crippen molar-refractivity contribution < 1.29 is 9.32 Å². The lowest BCUT2D eigenvalue weighted by molar-refractivity contribution is 0.203. The monoisotopic (exact) mass is 456 g/mol. The largest absolute Gasteiger partial charge is 0.334 e. The fourth-order valence-electron chi connectivity index (χ4n) is 3.96. The third kappa shape index (κ3) is 4.25. The third-order valence-corrected chi connectivity index (χ3v) is 5.92. The molecule has 0 aliphatic carbocycles. The lowest BCUT2D eigenvalue weighted by Gasteiger charge is -2.35. The van der Waals surface area contributed by atoms with Crippen LogP contribution in [0, 0.1) is 0 Å². The summed E-state index contributed by atoms with van der Waals surface area (Å²) < 4.78 is 5.72. The van der Waals surface area contributed by atoms with Gasteiger partial charge >= 0.3 is 6.03 Å². The zero-order chi connectivity index (χ0) is 22.8. The lowest BCUT2D eigenvalue weighted by atomic mass is 9.94. The van der Waals surface area contributed by atoms with Crippen molar-refractivity contribution in [2.75, 3.05) is 0 Å². The number of aromatic nitrogens is 2. The summed E-state index contributed by atoms with van der Waals surface area (Å²) in [6.07, 6.45) is 0. The molecule has 0 saturated carbocycles. The number of benzene rings is 3. The average Bonchev–Trinajstić information content (AvgIpc) is 3.33. The summed E-state index contributed by atoms with van der Waals surface area (Å²) in [5.41, 5.74) is 4.26. The van der Waals surface area contributed by atoms with Crippen LogP contribution in [-0.2, 0) is 6.54 Å². The molecule has 0 radical (unpaired) electrons. The molecule has 2 amide bonds. The maximum Gasteiger partial charge on any atom is 0.322 e. The Morgan fingerprint density at radius 2 is 1.64 bits per heavy atom. The molecule has 1 N–H and O–H groups in total. The van der Waals surface area contributed by atoms with E-state index in [9.17, 15) is 4.79 Å². The van der Waals surface area contributed by atoms with Gasteiger partial charge in [-0.25, -0.2) is 4.79 Å². The predicted molar refractivity (Wildman–Crippen MR) is 127 cm³/mol. The molecule has 0 fully saturated rings. The number of nitrogens with zero attached hydrogens (tertiary/aromatic N) is 3. The first-order valence-corrected chi connectivity index (χ1v) is 11.0. The molecule has 0 spiro atoms. The van der Waals surface area contributed by atoms with Gasteiger partial charge in [0.05, 0.1) is 18.2 Å². The number of carbonyl (C=O) groups excluding carboxylic acids is 1. The van der Waals surface area contributed by atoms with Crippen LogP contribution >= 0.6 is 11.6 Å². The second-order valence-corrected chi connectivity index (χ2v) is 8.23. The van der Waals surface area contributed by atoms with Crippen LogP contribution in [0.3, 0.4) is 0 Å². The second kappa shape index (κ2) is 8.92. The van der Waals surface area contributed by atoms with Crippen molar-refractivity contribution in [3.8, 4) is 11.4 Å². The van der Waals surface area contributed by atoms with Crippen LogP contribution in [0.2, 0.25) is 5.02 Å². The van der Waals surface area contributed by atoms with Crippen LogP contribution in [0.4, 0.5) is 4.79 Å². The summed E-state index contributed by atoms with van der Waals surface area (Å²) in [5.74, 6) is 0.858. The maximum absolute atomic E-state index is 13.2. The summed E-state index contributed by atoms with van der Waals surface area (Å²) in [7, 11) is 0. The third-order valence-electron chi connectivity index (χ3n) is 5.67. The van der Waals surface area contributed by atoms with Gasteiger partial charge in [0.15, 0.2) is 0 Å². The Labute approximate surface area is 196 Å². The predicted octanol–water partition coefficient (Wildman–Crippen LogP) is 6.09. The van der Waals surface area contributed by atoms with Crippen LogP contribution in [0.5, 0.6) is 0 Å². The van der Waals surface area contributed by atoms with Gasteiger partial charge in [-0.1, -0.05) is 89.6 Å². The highest BCUT2D eigenvalue weighted by Gasteiger charge is 2.35. The van der Waals surface area contributed by atoms with Gasteiger partial charge in [-0.3, -0.25) is 4.90 Å². The zero-order valence-electron chi connectivity index (χ0n) is 17.9. The van der Waals surface area contributed by atoms with E-state index >= 15 is 0 Å². The normalized spacial score (nSPS) is 16.1. The topological polar surface area (TPSA) is 71.3 Å². The van der Waals surface area contributed by atoms with Crippen molar-refractivity contribution in [2.24, 2.45) is 0 Å². The molecule has 1 unspecified atom stereocenters. The number of rotatable bonds is 5. The maximum atomic E-state index is 13.2. The Kier molecular flexibility index (Phi) is 5.67. The molecule has 7 heteroatoms. The minimum Gasteiger partial charge on any atom is -0.334 e. The van der Waals surface area contributed by atoms with E-state index in [2.05, 4.69) is 15.5 Å². The smallest absolute Gasteiger partial charge is 0.322 e. The molecule has 5 rings (SSSR count). The van der Waals surface area contributed by atoms with E-state index < -0.39 is 6.04 Å². The Balaban J connectivity index is 1.60. The molecule has 1 aliphatic heterocycles. The molecule has 1 aliphatic rings. The minimum absolute atomic E-state index is 0.192. The first-order valence-electron chi connectivity index (χ1n) is 10.6. The van der Waals surface area contributed by atoms with Crippen LogP contribution in [0.15, 0.2) is 95.1 Å². The van der Waals surface area contributed by atoms with Crippen LogP contribution in [-0.4, -0.2) is 21.1 Å². The molecule has 33 heavy (non-hydrogen) atoms. The van der Waals surface area contributed by atoms with E-state index in [0.717, 1.165) is 28.0 Å². The number of carbonyl (C=O) groups is 1. The van der Waals surface area contributed by atoms with Crippen molar-refractivity contribution in [3.05, 3.63) is 113 Å². The quantitative estimate of drug-likeness (QED) is 0.394. The Bertz CT molecular complexity index is 1300. The van der Waals surface area contributed by atoms with Gasteiger partial charge in [0.1, 0.15) is 0 Å². The summed E-state index contributed by atoms with van der Waals surface area (Å²) in [6, 6.07) is 26.2. The zero-order valence-corrected chi connectivity index (χ0v) is 18.7. The SMILES string of the molecule is CC1=C(c2nc(-c3ccccc3)no2)C(c2ccc(Cl)cc2)NC(=O)N1Cc1ccccc1. The molecule has 0 bridgehead atoms. The summed E-state index contributed by atoms with van der Waals surface area (Å²) in [5, 5.41) is 7.93. The van der Waals surface area contributed by atoms with E-state index in [1.54, 1.807) is 17.0 Å². The van der Waals surface area contributed by atoms with Crippen molar-refractivity contribution in [3.63, 3.8) is 0 Å². The summed E-state index contributed by atoms with van der Waals surface area (Å²) >= 11 is 6.10. The number of hydrogen-bond acceptors (Lipinski definition) is 4. The number of hydrogen-bond donors (Lipinski definition) is 1. The highest BCUT2D eigenvalue weighted by atomic mass is 35.5. The number of halogens is 1. The first-order chi connectivity index (χ1) is 16.1. The molecule has 6 nitrogen and oxygen atoms in total. The highest BCUT2D eigenvalue weighted by molar-refractivity contribution is 6.30. The molecule has 4 aromatic rings. The molecule has 3 aromatic carbocycles. The molecule has 1 aromatic heterocycles. The van der Waals surface area contributed by atoms with Gasteiger partial charge in [0, 0.05) is 16.3 Å². The van der Waals surface area contributed by atoms with E-state index in [-0.39, 0.29) is 6.03 Å². The summed E-state index contributed by atoms with van der Waals surface area (Å²) in [6.45, 7) is 2.33. The van der Waals surface area contributed by atoms with Crippen LogP contribution < -0.4 is 5.32 Å². The van der Waals surface area contributed by atoms with Gasteiger partial charge in [-0.15, -0.1) is 0 Å². The number of nitrogens with one attached hydrogen (secondary N) is 1. The van der Waals surface area contributed by atoms with Crippen molar-refractivity contribution in [1.29, 1.82) is 0 Å². The average molecular weight is 457 g/mol. The highest BCUT2D eigenvalue weighted by Crippen LogP contribution is 2.38. The number of allylic oxidation sites excluding steroid dienone is 1. The van der Waals surface area contributed by atoms with E-state index in [4.69, 9.17) is 16.1 Å². The van der Waals surface area contributed by atoms with E-state index in [0.29, 0.717) is 23.3 Å². The lowest BCUT2D eigenvalue weighted by Crippen LogP contribution is -2.45. The molecule has 1 atom stereocenters. The number of urea groups is 1. The molecular formula is C26H21ClN4O2. The Morgan fingerprint density at radius 3 is 2.33 bits per heavy atom.